The fourth-order valence-corrected chi connectivity index (χ4v) is 3.92. The Labute approximate surface area is 155 Å². The van der Waals surface area contributed by atoms with E-state index in [0.717, 1.165) is 48.2 Å². The number of aliphatic imine (C=N–C) groups is 1. The molecule has 0 saturated heterocycles. The Morgan fingerprint density at radius 3 is 2.58 bits per heavy atom. The van der Waals surface area contributed by atoms with Crippen molar-refractivity contribution in [1.29, 1.82) is 0 Å². The highest BCUT2D eigenvalue weighted by Crippen LogP contribution is 2.43. The minimum absolute atomic E-state index is 0.125. The van der Waals surface area contributed by atoms with Gasteiger partial charge in [0.1, 0.15) is 5.92 Å². The van der Waals surface area contributed by atoms with Crippen LogP contribution in [-0.2, 0) is 20.7 Å². The summed E-state index contributed by atoms with van der Waals surface area (Å²) in [4.78, 5) is 30.2. The van der Waals surface area contributed by atoms with Gasteiger partial charge in [-0.25, -0.2) is 0 Å². The lowest BCUT2D eigenvalue weighted by atomic mass is 9.71. The predicted octanol–water partition coefficient (Wildman–Crippen LogP) is 4.38. The number of ketones is 1. The average Bonchev–Trinajstić information content (AvgIpc) is 2.65. The quantitative estimate of drug-likeness (QED) is 0.738. The maximum atomic E-state index is 12.8. The fraction of sp³-hybridized carbons (Fsp3) is 0.500. The first-order valence-electron chi connectivity index (χ1n) is 9.63. The maximum Gasteiger partial charge on any atom is 0.315 e. The van der Waals surface area contributed by atoms with E-state index in [4.69, 9.17) is 4.74 Å². The van der Waals surface area contributed by atoms with Crippen molar-refractivity contribution < 1.29 is 14.3 Å². The maximum absolute atomic E-state index is 12.8. The number of carbonyl (C=O) groups excluding carboxylic acids is 2. The molecule has 1 aliphatic carbocycles. The van der Waals surface area contributed by atoms with E-state index in [0.29, 0.717) is 13.0 Å². The molecule has 0 N–H and O–H groups in total. The zero-order valence-corrected chi connectivity index (χ0v) is 15.9. The minimum atomic E-state index is -0.519. The summed E-state index contributed by atoms with van der Waals surface area (Å²) in [5.74, 6) is -0.955. The van der Waals surface area contributed by atoms with Crippen LogP contribution in [0.2, 0.25) is 0 Å². The third-order valence-corrected chi connectivity index (χ3v) is 5.28. The van der Waals surface area contributed by atoms with Crippen molar-refractivity contribution in [3.63, 3.8) is 0 Å². The van der Waals surface area contributed by atoms with Crippen molar-refractivity contribution in [3.8, 4) is 0 Å². The van der Waals surface area contributed by atoms with Crippen molar-refractivity contribution in [3.05, 3.63) is 46.7 Å². The first-order chi connectivity index (χ1) is 12.6. The van der Waals surface area contributed by atoms with Gasteiger partial charge < -0.3 is 4.74 Å². The van der Waals surface area contributed by atoms with Gasteiger partial charge in [0.05, 0.1) is 6.61 Å². The van der Waals surface area contributed by atoms with Crippen molar-refractivity contribution in [2.45, 2.75) is 58.8 Å². The van der Waals surface area contributed by atoms with Gasteiger partial charge >= 0.3 is 5.97 Å². The summed E-state index contributed by atoms with van der Waals surface area (Å²) in [7, 11) is 0. The van der Waals surface area contributed by atoms with Crippen LogP contribution in [0.1, 0.15) is 63.5 Å². The third kappa shape index (κ3) is 3.50. The lowest BCUT2D eigenvalue weighted by Crippen LogP contribution is -2.37. The molecule has 1 unspecified atom stereocenters. The predicted molar refractivity (Wildman–Crippen MR) is 102 cm³/mol. The Bertz CT molecular complexity index is 758. The highest BCUT2D eigenvalue weighted by atomic mass is 16.5. The molecule has 1 aromatic carbocycles. The number of esters is 1. The minimum Gasteiger partial charge on any atom is -0.465 e. The van der Waals surface area contributed by atoms with Gasteiger partial charge in [0.25, 0.3) is 0 Å². The molecular weight excluding hydrogens is 326 g/mol. The smallest absolute Gasteiger partial charge is 0.315 e. The summed E-state index contributed by atoms with van der Waals surface area (Å²) >= 11 is 0. The Morgan fingerprint density at radius 1 is 1.19 bits per heavy atom. The number of benzene rings is 1. The monoisotopic (exact) mass is 353 g/mol. The van der Waals surface area contributed by atoms with E-state index in [1.165, 1.54) is 5.56 Å². The molecule has 0 aromatic heterocycles. The molecule has 0 saturated carbocycles. The number of Topliss-reactive ketones (excluding diaryl/α,β-unsaturated/α-hetero) is 1. The molecule has 138 valence electrons. The summed E-state index contributed by atoms with van der Waals surface area (Å²) in [6, 6.07) is 8.26. The van der Waals surface area contributed by atoms with Crippen LogP contribution in [0.3, 0.4) is 0 Å². The van der Waals surface area contributed by atoms with Crippen LogP contribution in [0.15, 0.2) is 40.5 Å². The lowest BCUT2D eigenvalue weighted by Gasteiger charge is -2.34. The fourth-order valence-electron chi connectivity index (χ4n) is 3.92. The Hall–Kier alpha value is -2.23. The molecule has 0 radical (unpaired) electrons. The largest absolute Gasteiger partial charge is 0.465 e. The van der Waals surface area contributed by atoms with Gasteiger partial charge in [-0.3, -0.25) is 14.6 Å². The number of carbonyl (C=O) groups is 2. The van der Waals surface area contributed by atoms with Crippen LogP contribution in [0.25, 0.3) is 0 Å². The van der Waals surface area contributed by atoms with Crippen LogP contribution in [0, 0.1) is 5.92 Å². The van der Waals surface area contributed by atoms with E-state index in [2.05, 4.69) is 36.2 Å². The second kappa shape index (κ2) is 7.98. The van der Waals surface area contributed by atoms with E-state index in [9.17, 15) is 9.59 Å². The molecule has 0 fully saturated rings. The number of hydrogen-bond donors (Lipinski definition) is 0. The zero-order valence-electron chi connectivity index (χ0n) is 15.9. The first-order valence-corrected chi connectivity index (χ1v) is 9.63. The standard InChI is InChI=1S/C22H27NO3/c1-4-13-26-22(25)19-14(3)23-17-7-6-8-18(24)21(17)20(19)16-11-9-15(5-2)10-12-16/h9-12,19-20H,4-8,13H2,1-3H3/t19?,20-/m0/s1. The molecule has 1 aliphatic heterocycles. The average molecular weight is 353 g/mol. The van der Waals surface area contributed by atoms with Gasteiger partial charge in [-0.05, 0) is 43.7 Å². The van der Waals surface area contributed by atoms with Gasteiger partial charge in [0.15, 0.2) is 5.78 Å². The third-order valence-electron chi connectivity index (χ3n) is 5.28. The first kappa shape index (κ1) is 18.6. The molecule has 4 heteroatoms. The second-order valence-electron chi connectivity index (χ2n) is 7.11. The van der Waals surface area contributed by atoms with Gasteiger partial charge in [-0.2, -0.15) is 0 Å². The molecule has 1 heterocycles. The van der Waals surface area contributed by atoms with Crippen LogP contribution < -0.4 is 0 Å². The Morgan fingerprint density at radius 2 is 1.92 bits per heavy atom. The van der Waals surface area contributed by atoms with Crippen molar-refractivity contribution in [2.75, 3.05) is 6.61 Å². The van der Waals surface area contributed by atoms with Crippen molar-refractivity contribution in [2.24, 2.45) is 10.9 Å². The Kier molecular flexibility index (Phi) is 5.70. The van der Waals surface area contributed by atoms with Crippen LogP contribution >= 0.6 is 0 Å². The summed E-state index contributed by atoms with van der Waals surface area (Å²) in [6.45, 7) is 6.36. The molecule has 4 nitrogen and oxygen atoms in total. The van der Waals surface area contributed by atoms with E-state index >= 15 is 0 Å². The molecular formula is C22H27NO3. The molecule has 0 spiro atoms. The van der Waals surface area contributed by atoms with Gasteiger partial charge in [-0.1, -0.05) is 38.1 Å². The topological polar surface area (TPSA) is 55.7 Å². The highest BCUT2D eigenvalue weighted by Gasteiger charge is 2.43. The number of nitrogens with zero attached hydrogens (tertiary/aromatic N) is 1. The molecule has 0 bridgehead atoms. The number of rotatable bonds is 5. The van der Waals surface area contributed by atoms with E-state index in [1.807, 2.05) is 13.8 Å². The van der Waals surface area contributed by atoms with E-state index in [-0.39, 0.29) is 17.7 Å². The molecule has 26 heavy (non-hydrogen) atoms. The summed E-state index contributed by atoms with van der Waals surface area (Å²) in [5.41, 5.74) is 4.58. The van der Waals surface area contributed by atoms with E-state index in [1.54, 1.807) is 0 Å². The normalized spacial score (nSPS) is 22.7. The molecule has 3 rings (SSSR count). The lowest BCUT2D eigenvalue weighted by molar-refractivity contribution is -0.146. The molecule has 0 amide bonds. The van der Waals surface area contributed by atoms with Gasteiger partial charge in [0, 0.05) is 29.3 Å². The second-order valence-corrected chi connectivity index (χ2v) is 7.11. The summed E-state index contributed by atoms with van der Waals surface area (Å²) < 4.78 is 5.46. The SMILES string of the molecule is CCCOC(=O)C1C(C)=NC2=C(C(=O)CCC2)[C@H]1c1ccc(CC)cc1. The molecule has 2 atom stereocenters. The highest BCUT2D eigenvalue weighted by molar-refractivity contribution is 6.08. The van der Waals surface area contributed by atoms with Gasteiger partial charge in [0.2, 0.25) is 0 Å². The van der Waals surface area contributed by atoms with Crippen LogP contribution in [0.5, 0.6) is 0 Å². The number of aryl methyl sites for hydroxylation is 1. The van der Waals surface area contributed by atoms with Crippen molar-refractivity contribution >= 4 is 17.5 Å². The van der Waals surface area contributed by atoms with Crippen LogP contribution in [-0.4, -0.2) is 24.1 Å². The molecule has 2 aliphatic rings. The van der Waals surface area contributed by atoms with Crippen LogP contribution in [0.4, 0.5) is 0 Å². The van der Waals surface area contributed by atoms with E-state index < -0.39 is 5.92 Å². The van der Waals surface area contributed by atoms with Gasteiger partial charge in [-0.15, -0.1) is 0 Å². The summed E-state index contributed by atoms with van der Waals surface area (Å²) in [6.07, 6.45) is 3.91. The zero-order chi connectivity index (χ0) is 18.7. The van der Waals surface area contributed by atoms with Crippen molar-refractivity contribution in [1.82, 2.24) is 0 Å². The summed E-state index contributed by atoms with van der Waals surface area (Å²) in [5, 5.41) is 0. The number of ether oxygens (including phenoxy) is 1. The Balaban J connectivity index is 2.07. The molecule has 1 aromatic rings. The number of hydrogen-bond acceptors (Lipinski definition) is 4. The number of allylic oxidation sites excluding steroid dienone is 2.